The number of aromatic nitrogens is 3. The van der Waals surface area contributed by atoms with Gasteiger partial charge >= 0.3 is 0 Å². The summed E-state index contributed by atoms with van der Waals surface area (Å²) in [6.07, 6.45) is 0. The van der Waals surface area contributed by atoms with Gasteiger partial charge in [0.15, 0.2) is 16.8 Å². The monoisotopic (exact) mass is 469 g/mol. The molecule has 0 aliphatic rings. The molecule has 8 heteroatoms. The Kier molecular flexibility index (Phi) is 6.61. The molecule has 0 amide bonds. The molecule has 0 spiro atoms. The molecule has 4 rings (SSSR count). The van der Waals surface area contributed by atoms with Gasteiger partial charge in [-0.25, -0.2) is 0 Å². The van der Waals surface area contributed by atoms with Crippen LogP contribution in [0.25, 0.3) is 17.1 Å². The number of ketones is 1. The molecule has 1 aromatic heterocycles. The van der Waals surface area contributed by atoms with E-state index in [-0.39, 0.29) is 11.5 Å². The number of Topliss-reactive ketones (excluding diaryl/α,β-unsaturated/α-hetero) is 1. The van der Waals surface area contributed by atoms with Crippen molar-refractivity contribution in [1.29, 1.82) is 0 Å². The highest BCUT2D eigenvalue weighted by molar-refractivity contribution is 7.99. The van der Waals surface area contributed by atoms with Gasteiger partial charge in [0.05, 0.1) is 12.9 Å². The summed E-state index contributed by atoms with van der Waals surface area (Å²) in [6, 6.07) is 21.8. The lowest BCUT2D eigenvalue weighted by molar-refractivity contribution is 0.102. The van der Waals surface area contributed by atoms with Gasteiger partial charge in [-0.3, -0.25) is 9.36 Å². The zero-order valence-corrected chi connectivity index (χ0v) is 18.8. The van der Waals surface area contributed by atoms with Crippen molar-refractivity contribution in [2.24, 2.45) is 0 Å². The third-order valence-corrected chi connectivity index (χ3v) is 5.98. The first kappa shape index (κ1) is 21.4. The number of hydrogen-bond donors (Lipinski definition) is 0. The van der Waals surface area contributed by atoms with E-state index in [0.29, 0.717) is 26.6 Å². The Morgan fingerprint density at radius 3 is 2.32 bits per heavy atom. The smallest absolute Gasteiger partial charge is 0.196 e. The second kappa shape index (κ2) is 9.56. The number of thioether (sulfide) groups is 1. The molecule has 0 unspecified atom stereocenters. The third-order valence-electron chi connectivity index (χ3n) is 4.54. The van der Waals surface area contributed by atoms with Crippen LogP contribution in [0.2, 0.25) is 10.0 Å². The molecule has 5 nitrogen and oxygen atoms in total. The van der Waals surface area contributed by atoms with Crippen LogP contribution in [0.15, 0.2) is 78.0 Å². The Balaban J connectivity index is 1.68. The van der Waals surface area contributed by atoms with E-state index < -0.39 is 0 Å². The molecule has 0 N–H and O–H groups in total. The number of halogens is 2. The Morgan fingerprint density at radius 2 is 1.65 bits per heavy atom. The first-order valence-electron chi connectivity index (χ1n) is 9.32. The van der Waals surface area contributed by atoms with Gasteiger partial charge in [0.1, 0.15) is 5.75 Å². The number of rotatable bonds is 7. The quantitative estimate of drug-likeness (QED) is 0.237. The largest absolute Gasteiger partial charge is 0.497 e. The van der Waals surface area contributed by atoms with Gasteiger partial charge in [-0.2, -0.15) is 0 Å². The SMILES string of the molecule is COc1cccc(-c2nnc(SCC(=O)c3ccc(Cl)cc3)n2-c2ccc(Cl)cc2)c1. The van der Waals surface area contributed by atoms with Crippen LogP contribution in [-0.4, -0.2) is 33.4 Å². The fraction of sp³-hybridized carbons (Fsp3) is 0.0870. The van der Waals surface area contributed by atoms with E-state index in [4.69, 9.17) is 27.9 Å². The van der Waals surface area contributed by atoms with Crippen molar-refractivity contribution in [2.45, 2.75) is 5.16 Å². The van der Waals surface area contributed by atoms with Crippen LogP contribution >= 0.6 is 35.0 Å². The van der Waals surface area contributed by atoms with Crippen LogP contribution < -0.4 is 4.74 Å². The van der Waals surface area contributed by atoms with Crippen molar-refractivity contribution in [3.8, 4) is 22.8 Å². The van der Waals surface area contributed by atoms with Crippen LogP contribution in [0, 0.1) is 0 Å². The van der Waals surface area contributed by atoms with Crippen molar-refractivity contribution < 1.29 is 9.53 Å². The number of carbonyl (C=O) groups is 1. The summed E-state index contributed by atoms with van der Waals surface area (Å²) in [6.45, 7) is 0. The van der Waals surface area contributed by atoms with Crippen LogP contribution in [0.3, 0.4) is 0 Å². The lowest BCUT2D eigenvalue weighted by Crippen LogP contribution is -2.05. The topological polar surface area (TPSA) is 57.0 Å². The van der Waals surface area contributed by atoms with E-state index in [1.54, 1.807) is 43.5 Å². The molecule has 0 radical (unpaired) electrons. The van der Waals surface area contributed by atoms with Gasteiger partial charge in [0.25, 0.3) is 0 Å². The van der Waals surface area contributed by atoms with E-state index >= 15 is 0 Å². The summed E-state index contributed by atoms with van der Waals surface area (Å²) in [7, 11) is 1.62. The van der Waals surface area contributed by atoms with E-state index in [0.717, 1.165) is 17.0 Å². The maximum Gasteiger partial charge on any atom is 0.196 e. The summed E-state index contributed by atoms with van der Waals surface area (Å²) in [4.78, 5) is 12.6. The Hall–Kier alpha value is -2.80. The zero-order chi connectivity index (χ0) is 21.8. The molecular weight excluding hydrogens is 453 g/mol. The molecule has 0 aliphatic heterocycles. The number of hydrogen-bond acceptors (Lipinski definition) is 5. The molecule has 0 saturated carbocycles. The predicted octanol–water partition coefficient (Wildman–Crippen LogP) is 6.22. The van der Waals surface area contributed by atoms with Gasteiger partial charge < -0.3 is 4.74 Å². The average Bonchev–Trinajstić information content (AvgIpc) is 3.22. The molecular formula is C23H17Cl2N3O2S. The fourth-order valence-corrected chi connectivity index (χ4v) is 4.08. The molecule has 1 heterocycles. The second-order valence-electron chi connectivity index (χ2n) is 6.57. The van der Waals surface area contributed by atoms with Crippen LogP contribution in [0.5, 0.6) is 5.75 Å². The zero-order valence-electron chi connectivity index (χ0n) is 16.5. The number of nitrogens with zero attached hydrogens (tertiary/aromatic N) is 3. The fourth-order valence-electron chi connectivity index (χ4n) is 2.98. The maximum atomic E-state index is 12.6. The van der Waals surface area contributed by atoms with Crippen LogP contribution in [0.4, 0.5) is 0 Å². The van der Waals surface area contributed by atoms with Crippen LogP contribution in [0.1, 0.15) is 10.4 Å². The normalized spacial score (nSPS) is 10.8. The van der Waals surface area contributed by atoms with E-state index in [9.17, 15) is 4.79 Å². The van der Waals surface area contributed by atoms with E-state index in [2.05, 4.69) is 10.2 Å². The lowest BCUT2D eigenvalue weighted by atomic mass is 10.1. The number of carbonyl (C=O) groups excluding carboxylic acids is 1. The second-order valence-corrected chi connectivity index (χ2v) is 8.38. The van der Waals surface area contributed by atoms with E-state index in [1.807, 2.05) is 41.0 Å². The van der Waals surface area contributed by atoms with E-state index in [1.165, 1.54) is 11.8 Å². The highest BCUT2D eigenvalue weighted by atomic mass is 35.5. The summed E-state index contributed by atoms with van der Waals surface area (Å²) < 4.78 is 7.25. The van der Waals surface area contributed by atoms with Crippen molar-refractivity contribution in [3.63, 3.8) is 0 Å². The molecule has 4 aromatic rings. The number of methoxy groups -OCH3 is 1. The average molecular weight is 470 g/mol. The summed E-state index contributed by atoms with van der Waals surface area (Å²) in [5.41, 5.74) is 2.29. The molecule has 0 fully saturated rings. The molecule has 3 aromatic carbocycles. The van der Waals surface area contributed by atoms with Crippen molar-refractivity contribution in [1.82, 2.24) is 14.8 Å². The molecule has 0 bridgehead atoms. The van der Waals surface area contributed by atoms with Crippen molar-refractivity contribution in [3.05, 3.63) is 88.4 Å². The molecule has 31 heavy (non-hydrogen) atoms. The molecule has 0 aliphatic carbocycles. The highest BCUT2D eigenvalue weighted by Crippen LogP contribution is 2.30. The van der Waals surface area contributed by atoms with Gasteiger partial charge in [0, 0.05) is 26.9 Å². The van der Waals surface area contributed by atoms with Crippen molar-refractivity contribution in [2.75, 3.05) is 12.9 Å². The van der Waals surface area contributed by atoms with Gasteiger partial charge in [-0.15, -0.1) is 10.2 Å². The minimum Gasteiger partial charge on any atom is -0.497 e. The summed E-state index contributed by atoms with van der Waals surface area (Å²) in [5, 5.41) is 10.6. The third kappa shape index (κ3) is 4.93. The standard InChI is InChI=1S/C23H17Cl2N3O2S/c1-30-20-4-2-3-16(13-20)22-26-27-23(28(22)19-11-9-18(25)10-12-19)31-14-21(29)15-5-7-17(24)8-6-15/h2-13H,14H2,1H3. The summed E-state index contributed by atoms with van der Waals surface area (Å²) in [5.74, 6) is 1.55. The number of ether oxygens (including phenoxy) is 1. The molecule has 0 atom stereocenters. The maximum absolute atomic E-state index is 12.6. The van der Waals surface area contributed by atoms with Crippen LogP contribution in [-0.2, 0) is 0 Å². The first-order valence-corrected chi connectivity index (χ1v) is 11.1. The first-order chi connectivity index (χ1) is 15.0. The highest BCUT2D eigenvalue weighted by Gasteiger charge is 2.18. The minimum atomic E-state index is -0.0183. The van der Waals surface area contributed by atoms with Gasteiger partial charge in [0.2, 0.25) is 0 Å². The minimum absolute atomic E-state index is 0.0183. The van der Waals surface area contributed by atoms with Gasteiger partial charge in [-0.05, 0) is 60.7 Å². The predicted molar refractivity (Wildman–Crippen MR) is 125 cm³/mol. The van der Waals surface area contributed by atoms with Gasteiger partial charge in [-0.1, -0.05) is 47.1 Å². The van der Waals surface area contributed by atoms with Crippen molar-refractivity contribution >= 4 is 40.7 Å². The lowest BCUT2D eigenvalue weighted by Gasteiger charge is -2.11. The Morgan fingerprint density at radius 1 is 0.968 bits per heavy atom. The Labute approximate surface area is 194 Å². The summed E-state index contributed by atoms with van der Waals surface area (Å²) >= 11 is 13.3. The number of benzene rings is 3. The Bertz CT molecular complexity index is 1210. The molecule has 156 valence electrons. The molecule has 0 saturated heterocycles.